The van der Waals surface area contributed by atoms with Gasteiger partial charge in [0, 0.05) is 10.9 Å². The molecule has 0 aliphatic heterocycles. The average Bonchev–Trinajstić information content (AvgIpc) is 3.22. The first-order valence-corrected chi connectivity index (χ1v) is 7.76. The Balaban J connectivity index is 1.47. The van der Waals surface area contributed by atoms with E-state index in [1.54, 1.807) is 12.1 Å². The van der Waals surface area contributed by atoms with Crippen LogP contribution in [-0.2, 0) is 22.6 Å². The molecular weight excluding hydrogens is 364 g/mol. The molecule has 0 aliphatic rings. The van der Waals surface area contributed by atoms with Crippen LogP contribution >= 0.6 is 15.9 Å². The normalized spacial score (nSPS) is 10.7. The number of carbonyl (C=O) groups is 1. The van der Waals surface area contributed by atoms with Crippen LogP contribution < -0.4 is 0 Å². The van der Waals surface area contributed by atoms with E-state index in [1.807, 2.05) is 24.3 Å². The smallest absolute Gasteiger partial charge is 0.306 e. The van der Waals surface area contributed by atoms with Crippen molar-refractivity contribution in [2.45, 2.75) is 19.4 Å². The number of benzene rings is 1. The fraction of sp³-hybridized carbons (Fsp3) is 0.188. The van der Waals surface area contributed by atoms with Crippen LogP contribution in [0.4, 0.5) is 0 Å². The van der Waals surface area contributed by atoms with Gasteiger partial charge in [0.1, 0.15) is 6.61 Å². The predicted octanol–water partition coefficient (Wildman–Crippen LogP) is 3.77. The molecule has 2 heterocycles. The SMILES string of the molecule is O=C(CCc1nc(-c2ccco2)no1)OCc1cccc(Br)c1. The van der Waals surface area contributed by atoms with Gasteiger partial charge in [0.15, 0.2) is 5.76 Å². The van der Waals surface area contributed by atoms with Crippen molar-refractivity contribution in [1.82, 2.24) is 10.1 Å². The van der Waals surface area contributed by atoms with Gasteiger partial charge in [-0.1, -0.05) is 33.2 Å². The maximum absolute atomic E-state index is 11.8. The lowest BCUT2D eigenvalue weighted by Gasteiger charge is -2.04. The van der Waals surface area contributed by atoms with Gasteiger partial charge in [-0.2, -0.15) is 4.98 Å². The van der Waals surface area contributed by atoms with E-state index >= 15 is 0 Å². The minimum absolute atomic E-state index is 0.174. The molecule has 118 valence electrons. The van der Waals surface area contributed by atoms with Crippen molar-refractivity contribution in [3.8, 4) is 11.6 Å². The Labute approximate surface area is 140 Å². The van der Waals surface area contributed by atoms with Crippen molar-refractivity contribution in [3.05, 3.63) is 58.6 Å². The number of carbonyl (C=O) groups excluding carboxylic acids is 1. The summed E-state index contributed by atoms with van der Waals surface area (Å²) in [6.45, 7) is 0.236. The highest BCUT2D eigenvalue weighted by atomic mass is 79.9. The summed E-state index contributed by atoms with van der Waals surface area (Å²) < 4.78 is 16.4. The lowest BCUT2D eigenvalue weighted by atomic mass is 10.2. The first-order valence-electron chi connectivity index (χ1n) is 6.97. The molecule has 0 unspecified atom stereocenters. The van der Waals surface area contributed by atoms with E-state index in [4.69, 9.17) is 13.7 Å². The van der Waals surface area contributed by atoms with Crippen molar-refractivity contribution < 1.29 is 18.5 Å². The number of furan rings is 1. The molecule has 2 aromatic heterocycles. The zero-order valence-corrected chi connectivity index (χ0v) is 13.7. The van der Waals surface area contributed by atoms with Gasteiger partial charge < -0.3 is 13.7 Å². The van der Waals surface area contributed by atoms with Gasteiger partial charge in [0.2, 0.25) is 11.7 Å². The van der Waals surface area contributed by atoms with Gasteiger partial charge in [0.05, 0.1) is 12.7 Å². The molecule has 0 atom stereocenters. The summed E-state index contributed by atoms with van der Waals surface area (Å²) in [5.41, 5.74) is 0.922. The number of ether oxygens (including phenoxy) is 1. The maximum Gasteiger partial charge on any atom is 0.306 e. The Kier molecular flexibility index (Phi) is 4.87. The minimum atomic E-state index is -0.317. The highest BCUT2D eigenvalue weighted by Crippen LogP contribution is 2.16. The molecule has 0 aliphatic carbocycles. The molecular formula is C16H13BrN2O4. The van der Waals surface area contributed by atoms with Crippen LogP contribution in [0, 0.1) is 0 Å². The zero-order valence-electron chi connectivity index (χ0n) is 12.1. The maximum atomic E-state index is 11.8. The second kappa shape index (κ2) is 7.23. The topological polar surface area (TPSA) is 78.4 Å². The van der Waals surface area contributed by atoms with Gasteiger partial charge in [0.25, 0.3) is 0 Å². The standard InChI is InChI=1S/C16H13BrN2O4/c17-12-4-1-3-11(9-12)10-22-15(20)7-6-14-18-16(19-23-14)13-5-2-8-21-13/h1-5,8-9H,6-7,10H2. The van der Waals surface area contributed by atoms with Gasteiger partial charge in [-0.15, -0.1) is 0 Å². The number of rotatable bonds is 6. The number of hydrogen-bond donors (Lipinski definition) is 0. The quantitative estimate of drug-likeness (QED) is 0.609. The summed E-state index contributed by atoms with van der Waals surface area (Å²) in [4.78, 5) is 15.9. The summed E-state index contributed by atoms with van der Waals surface area (Å²) in [5, 5.41) is 3.80. The summed E-state index contributed by atoms with van der Waals surface area (Å²) in [5.74, 6) is 0.947. The minimum Gasteiger partial charge on any atom is -0.461 e. The van der Waals surface area contributed by atoms with Crippen molar-refractivity contribution in [2.75, 3.05) is 0 Å². The molecule has 3 aromatic rings. The second-order valence-electron chi connectivity index (χ2n) is 4.78. The summed E-state index contributed by atoms with van der Waals surface area (Å²) in [6, 6.07) is 11.1. The zero-order chi connectivity index (χ0) is 16.1. The van der Waals surface area contributed by atoms with E-state index in [-0.39, 0.29) is 19.0 Å². The van der Waals surface area contributed by atoms with Crippen LogP contribution in [0.1, 0.15) is 17.9 Å². The fourth-order valence-electron chi connectivity index (χ4n) is 1.93. The first kappa shape index (κ1) is 15.5. The average molecular weight is 377 g/mol. The largest absolute Gasteiger partial charge is 0.461 e. The molecule has 0 spiro atoms. The molecule has 7 heteroatoms. The van der Waals surface area contributed by atoms with Crippen LogP contribution in [0.15, 0.2) is 56.1 Å². The van der Waals surface area contributed by atoms with Crippen LogP contribution in [0.2, 0.25) is 0 Å². The number of hydrogen-bond acceptors (Lipinski definition) is 6. The molecule has 1 aromatic carbocycles. The Hall–Kier alpha value is -2.41. The molecule has 0 amide bonds. The molecule has 3 rings (SSSR count). The monoisotopic (exact) mass is 376 g/mol. The van der Waals surface area contributed by atoms with Gasteiger partial charge in [-0.3, -0.25) is 4.79 Å². The lowest BCUT2D eigenvalue weighted by Crippen LogP contribution is -2.06. The van der Waals surface area contributed by atoms with Crippen molar-refractivity contribution in [3.63, 3.8) is 0 Å². The molecule has 0 fully saturated rings. The number of aromatic nitrogens is 2. The highest BCUT2D eigenvalue weighted by Gasteiger charge is 2.13. The molecule has 0 saturated carbocycles. The van der Waals surface area contributed by atoms with Gasteiger partial charge in [-0.05, 0) is 29.8 Å². The van der Waals surface area contributed by atoms with E-state index in [1.165, 1.54) is 6.26 Å². The number of halogens is 1. The van der Waals surface area contributed by atoms with Crippen LogP contribution in [0.5, 0.6) is 0 Å². The Morgan fingerprint density at radius 2 is 2.17 bits per heavy atom. The van der Waals surface area contributed by atoms with Crippen molar-refractivity contribution >= 4 is 21.9 Å². The third kappa shape index (κ3) is 4.29. The van der Waals surface area contributed by atoms with E-state index < -0.39 is 0 Å². The molecule has 23 heavy (non-hydrogen) atoms. The van der Waals surface area contributed by atoms with E-state index in [0.717, 1.165) is 10.0 Å². The second-order valence-corrected chi connectivity index (χ2v) is 5.70. The van der Waals surface area contributed by atoms with E-state index in [9.17, 15) is 4.79 Å². The van der Waals surface area contributed by atoms with Crippen molar-refractivity contribution in [1.29, 1.82) is 0 Å². The Morgan fingerprint density at radius 3 is 2.96 bits per heavy atom. The third-order valence-electron chi connectivity index (χ3n) is 3.04. The van der Waals surface area contributed by atoms with Gasteiger partial charge in [-0.25, -0.2) is 0 Å². The lowest BCUT2D eigenvalue weighted by molar-refractivity contribution is -0.145. The number of nitrogens with zero attached hydrogens (tertiary/aromatic N) is 2. The predicted molar refractivity (Wildman–Crippen MR) is 84.3 cm³/mol. The molecule has 0 radical (unpaired) electrons. The van der Waals surface area contributed by atoms with E-state index in [0.29, 0.717) is 23.9 Å². The number of aryl methyl sites for hydroxylation is 1. The molecule has 0 saturated heterocycles. The van der Waals surface area contributed by atoms with Crippen LogP contribution in [0.3, 0.4) is 0 Å². The number of esters is 1. The first-order chi connectivity index (χ1) is 11.2. The van der Waals surface area contributed by atoms with Crippen LogP contribution in [-0.4, -0.2) is 16.1 Å². The third-order valence-corrected chi connectivity index (χ3v) is 3.53. The Morgan fingerprint density at radius 1 is 1.26 bits per heavy atom. The molecule has 0 bridgehead atoms. The highest BCUT2D eigenvalue weighted by molar-refractivity contribution is 9.10. The summed E-state index contributed by atoms with van der Waals surface area (Å²) in [7, 11) is 0. The van der Waals surface area contributed by atoms with E-state index in [2.05, 4.69) is 26.1 Å². The van der Waals surface area contributed by atoms with Crippen molar-refractivity contribution in [2.24, 2.45) is 0 Å². The van der Waals surface area contributed by atoms with Gasteiger partial charge >= 0.3 is 5.97 Å². The van der Waals surface area contributed by atoms with Crippen LogP contribution in [0.25, 0.3) is 11.6 Å². The molecule has 6 nitrogen and oxygen atoms in total. The Bertz CT molecular complexity index is 783. The molecule has 0 N–H and O–H groups in total. The fourth-order valence-corrected chi connectivity index (χ4v) is 2.38. The summed E-state index contributed by atoms with van der Waals surface area (Å²) >= 11 is 3.37. The summed E-state index contributed by atoms with van der Waals surface area (Å²) in [6.07, 6.45) is 2.03.